The maximum Gasteiger partial charge on any atom is 0.321 e. The van der Waals surface area contributed by atoms with Crippen LogP contribution in [-0.2, 0) is 11.3 Å². The Labute approximate surface area is 109 Å². The Morgan fingerprint density at radius 3 is 2.78 bits per heavy atom. The van der Waals surface area contributed by atoms with E-state index in [2.05, 4.69) is 10.6 Å². The second kappa shape index (κ2) is 5.81. The zero-order chi connectivity index (χ0) is 13.0. The molecule has 1 fully saturated rings. The van der Waals surface area contributed by atoms with Crippen LogP contribution in [0.4, 0.5) is 4.79 Å². The number of urea groups is 1. The molecule has 1 saturated carbocycles. The fourth-order valence-corrected chi connectivity index (χ4v) is 2.64. The summed E-state index contributed by atoms with van der Waals surface area (Å²) < 4.78 is 1.49. The van der Waals surface area contributed by atoms with Gasteiger partial charge in [0.15, 0.2) is 4.80 Å². The summed E-state index contributed by atoms with van der Waals surface area (Å²) in [5, 5.41) is 14.3. The van der Waals surface area contributed by atoms with Crippen molar-refractivity contribution in [3.8, 4) is 0 Å². The van der Waals surface area contributed by atoms with E-state index in [1.165, 1.54) is 15.9 Å². The average Bonchev–Trinajstić information content (AvgIpc) is 2.91. The van der Waals surface area contributed by atoms with Gasteiger partial charge in [0.25, 0.3) is 0 Å². The summed E-state index contributed by atoms with van der Waals surface area (Å²) in [6.45, 7) is 0.000417. The van der Waals surface area contributed by atoms with Crippen LogP contribution in [0.5, 0.6) is 0 Å². The van der Waals surface area contributed by atoms with Crippen molar-refractivity contribution in [2.45, 2.75) is 38.3 Å². The van der Waals surface area contributed by atoms with Crippen LogP contribution in [0.25, 0.3) is 0 Å². The van der Waals surface area contributed by atoms with Gasteiger partial charge in [-0.15, -0.1) is 11.3 Å². The third-order valence-electron chi connectivity index (χ3n) is 2.94. The molecule has 18 heavy (non-hydrogen) atoms. The van der Waals surface area contributed by atoms with E-state index in [1.807, 2.05) is 0 Å². The standard InChI is InChI=1S/C11H16N4O2S/c12-10-15(5-6-18-10)7-9(16)14-11(17)13-8-3-1-2-4-8/h5-6,8,12H,1-4,7H2,(H2,13,14,16,17). The van der Waals surface area contributed by atoms with Crippen molar-refractivity contribution in [1.29, 1.82) is 5.41 Å². The number of imide groups is 1. The van der Waals surface area contributed by atoms with E-state index >= 15 is 0 Å². The number of thiazole rings is 1. The van der Waals surface area contributed by atoms with Gasteiger partial charge in [0, 0.05) is 17.6 Å². The van der Waals surface area contributed by atoms with E-state index < -0.39 is 11.9 Å². The van der Waals surface area contributed by atoms with E-state index in [1.54, 1.807) is 11.6 Å². The third kappa shape index (κ3) is 3.43. The quantitative estimate of drug-likeness (QED) is 0.757. The highest BCUT2D eigenvalue weighted by Gasteiger charge is 2.18. The lowest BCUT2D eigenvalue weighted by Gasteiger charge is -2.12. The second-order valence-electron chi connectivity index (χ2n) is 4.34. The minimum atomic E-state index is -0.436. The molecule has 7 heteroatoms. The normalized spacial score (nSPS) is 15.6. The summed E-state index contributed by atoms with van der Waals surface area (Å²) in [6.07, 6.45) is 5.88. The molecule has 0 bridgehead atoms. The Balaban J connectivity index is 1.78. The number of carbonyl (C=O) groups excluding carboxylic acids is 2. The molecule has 2 rings (SSSR count). The van der Waals surface area contributed by atoms with Crippen LogP contribution >= 0.6 is 11.3 Å². The van der Waals surface area contributed by atoms with Crippen LogP contribution in [0.3, 0.4) is 0 Å². The van der Waals surface area contributed by atoms with Crippen LogP contribution in [-0.4, -0.2) is 22.5 Å². The second-order valence-corrected chi connectivity index (χ2v) is 5.23. The fraction of sp³-hybridized carbons (Fsp3) is 0.545. The summed E-state index contributed by atoms with van der Waals surface area (Å²) >= 11 is 1.24. The van der Waals surface area contributed by atoms with Gasteiger partial charge in [0.2, 0.25) is 5.91 Å². The molecule has 1 aliphatic rings. The number of aromatic nitrogens is 1. The molecule has 6 nitrogen and oxygen atoms in total. The molecule has 1 aromatic rings. The molecule has 1 aliphatic carbocycles. The van der Waals surface area contributed by atoms with Gasteiger partial charge >= 0.3 is 6.03 Å². The maximum absolute atomic E-state index is 11.6. The van der Waals surface area contributed by atoms with Gasteiger partial charge in [-0.1, -0.05) is 12.8 Å². The SMILES string of the molecule is N=c1sccn1CC(=O)NC(=O)NC1CCCC1. The first kappa shape index (κ1) is 12.8. The number of rotatable bonds is 3. The average molecular weight is 268 g/mol. The first-order chi connectivity index (χ1) is 8.65. The molecule has 3 N–H and O–H groups in total. The highest BCUT2D eigenvalue weighted by atomic mass is 32.1. The smallest absolute Gasteiger partial charge is 0.321 e. The van der Waals surface area contributed by atoms with Crippen molar-refractivity contribution in [3.05, 3.63) is 16.4 Å². The Morgan fingerprint density at radius 2 is 2.17 bits per heavy atom. The summed E-state index contributed by atoms with van der Waals surface area (Å²) in [6, 6.07) is -0.243. The van der Waals surface area contributed by atoms with E-state index in [0.29, 0.717) is 4.80 Å². The first-order valence-electron chi connectivity index (χ1n) is 5.94. The highest BCUT2D eigenvalue weighted by molar-refractivity contribution is 7.06. The molecule has 1 heterocycles. The predicted molar refractivity (Wildman–Crippen MR) is 67.1 cm³/mol. The van der Waals surface area contributed by atoms with Crippen molar-refractivity contribution in [1.82, 2.24) is 15.2 Å². The zero-order valence-corrected chi connectivity index (χ0v) is 10.8. The fourth-order valence-electron chi connectivity index (χ4n) is 2.04. The van der Waals surface area contributed by atoms with Crippen molar-refractivity contribution in [3.63, 3.8) is 0 Å². The number of nitrogens with one attached hydrogen (secondary N) is 3. The van der Waals surface area contributed by atoms with Crippen LogP contribution in [0.15, 0.2) is 11.6 Å². The van der Waals surface area contributed by atoms with Crippen molar-refractivity contribution in [2.75, 3.05) is 0 Å². The van der Waals surface area contributed by atoms with Crippen LogP contribution < -0.4 is 15.4 Å². The zero-order valence-electron chi connectivity index (χ0n) is 9.94. The van der Waals surface area contributed by atoms with Gasteiger partial charge in [-0.3, -0.25) is 15.5 Å². The minimum absolute atomic E-state index is 0.000417. The topological polar surface area (TPSA) is 87.0 Å². The Morgan fingerprint density at radius 1 is 1.44 bits per heavy atom. The van der Waals surface area contributed by atoms with E-state index in [9.17, 15) is 9.59 Å². The van der Waals surface area contributed by atoms with Gasteiger partial charge in [0.05, 0.1) is 0 Å². The number of amides is 3. The molecule has 0 saturated heterocycles. The molecule has 0 atom stereocenters. The Hall–Kier alpha value is -1.63. The number of hydrogen-bond donors (Lipinski definition) is 3. The molecule has 0 aliphatic heterocycles. The molecule has 1 aromatic heterocycles. The first-order valence-corrected chi connectivity index (χ1v) is 6.82. The number of nitrogens with zero attached hydrogens (tertiary/aromatic N) is 1. The van der Waals surface area contributed by atoms with E-state index in [0.717, 1.165) is 25.7 Å². The van der Waals surface area contributed by atoms with Gasteiger partial charge in [0.1, 0.15) is 6.54 Å². The van der Waals surface area contributed by atoms with Crippen molar-refractivity contribution in [2.24, 2.45) is 0 Å². The summed E-state index contributed by atoms with van der Waals surface area (Å²) in [7, 11) is 0. The highest BCUT2D eigenvalue weighted by Crippen LogP contribution is 2.17. The monoisotopic (exact) mass is 268 g/mol. The summed E-state index contributed by atoms with van der Waals surface area (Å²) in [4.78, 5) is 23.4. The molecule has 0 radical (unpaired) electrons. The number of carbonyl (C=O) groups is 2. The molecule has 0 unspecified atom stereocenters. The maximum atomic E-state index is 11.6. The molecule has 3 amide bonds. The third-order valence-corrected chi connectivity index (χ3v) is 3.65. The van der Waals surface area contributed by atoms with Gasteiger partial charge in [-0.25, -0.2) is 4.79 Å². The molecule has 0 spiro atoms. The Kier molecular flexibility index (Phi) is 4.14. The molecular weight excluding hydrogens is 252 g/mol. The predicted octanol–water partition coefficient (Wildman–Crippen LogP) is 0.797. The molecule has 0 aromatic carbocycles. The van der Waals surface area contributed by atoms with Gasteiger partial charge in [-0.2, -0.15) is 0 Å². The van der Waals surface area contributed by atoms with E-state index in [4.69, 9.17) is 5.41 Å². The lowest BCUT2D eigenvalue weighted by Crippen LogP contribution is -2.45. The molecular formula is C11H16N4O2S. The number of hydrogen-bond acceptors (Lipinski definition) is 4. The van der Waals surface area contributed by atoms with E-state index in [-0.39, 0.29) is 12.6 Å². The van der Waals surface area contributed by atoms with Gasteiger partial charge in [-0.05, 0) is 12.8 Å². The van der Waals surface area contributed by atoms with Crippen molar-refractivity contribution < 1.29 is 9.59 Å². The lowest BCUT2D eigenvalue weighted by molar-refractivity contribution is -0.120. The van der Waals surface area contributed by atoms with Crippen LogP contribution in [0.1, 0.15) is 25.7 Å². The molecule has 98 valence electrons. The minimum Gasteiger partial charge on any atom is -0.335 e. The van der Waals surface area contributed by atoms with Crippen molar-refractivity contribution >= 4 is 23.3 Å². The van der Waals surface area contributed by atoms with Crippen LogP contribution in [0.2, 0.25) is 0 Å². The summed E-state index contributed by atoms with van der Waals surface area (Å²) in [5.41, 5.74) is 0. The summed E-state index contributed by atoms with van der Waals surface area (Å²) in [5.74, 6) is -0.401. The Bertz CT molecular complexity index is 487. The lowest BCUT2D eigenvalue weighted by atomic mass is 10.2. The largest absolute Gasteiger partial charge is 0.335 e. The van der Waals surface area contributed by atoms with Crippen LogP contribution in [0, 0.1) is 5.41 Å². The van der Waals surface area contributed by atoms with Gasteiger partial charge < -0.3 is 9.88 Å².